The molecule has 0 saturated carbocycles. The summed E-state index contributed by atoms with van der Waals surface area (Å²) in [5, 5.41) is 0. The zero-order valence-electron chi connectivity index (χ0n) is 11.1. The monoisotopic (exact) mass is 318 g/mol. The van der Waals surface area contributed by atoms with E-state index in [9.17, 15) is 9.13 Å². The van der Waals surface area contributed by atoms with E-state index in [0.717, 1.165) is 0 Å². The lowest BCUT2D eigenvalue weighted by atomic mass is 10.9. The first-order valence-electron chi connectivity index (χ1n) is 5.73. The predicted octanol–water partition coefficient (Wildman–Crippen LogP) is 3.80. The lowest BCUT2D eigenvalue weighted by Crippen LogP contribution is -2.10. The molecule has 18 heavy (non-hydrogen) atoms. The molecule has 9 heteroatoms. The van der Waals surface area contributed by atoms with Crippen LogP contribution in [-0.2, 0) is 27.2 Å². The molecule has 0 amide bonds. The lowest BCUT2D eigenvalue weighted by Gasteiger charge is -2.23. The van der Waals surface area contributed by atoms with Crippen molar-refractivity contribution in [3.8, 4) is 0 Å². The Kier molecular flexibility index (Phi) is 8.72. The van der Waals surface area contributed by atoms with Crippen LogP contribution in [-0.4, -0.2) is 30.8 Å². The molecule has 6 nitrogen and oxygen atoms in total. The van der Waals surface area contributed by atoms with Crippen molar-refractivity contribution in [1.29, 1.82) is 0 Å². The number of thiocarbonyl (C=S) groups is 1. The molecule has 0 N–H and O–H groups in total. The summed E-state index contributed by atoms with van der Waals surface area (Å²) in [6, 6.07) is 0. The first kappa shape index (κ1) is 18.4. The van der Waals surface area contributed by atoms with Gasteiger partial charge in [0.2, 0.25) is 4.35 Å². The first-order chi connectivity index (χ1) is 8.40. The zero-order valence-corrected chi connectivity index (χ0v) is 13.7. The summed E-state index contributed by atoms with van der Waals surface area (Å²) >= 11 is 4.96. The summed E-state index contributed by atoms with van der Waals surface area (Å²) in [6.07, 6.45) is 0. The Morgan fingerprint density at radius 2 is 1.00 bits per heavy atom. The molecule has 108 valence electrons. The van der Waals surface area contributed by atoms with Crippen LogP contribution < -0.4 is 0 Å². The Morgan fingerprint density at radius 3 is 1.17 bits per heavy atom. The van der Waals surface area contributed by atoms with Crippen LogP contribution in [0.4, 0.5) is 0 Å². The summed E-state index contributed by atoms with van der Waals surface area (Å²) in [4.78, 5) is 0. The SMILES string of the molecule is CCOP(=O)(OCC)C(=S)P(=O)(OCC)OCC. The van der Waals surface area contributed by atoms with Gasteiger partial charge in [-0.2, -0.15) is 0 Å². The van der Waals surface area contributed by atoms with Gasteiger partial charge in [0.25, 0.3) is 0 Å². The summed E-state index contributed by atoms with van der Waals surface area (Å²) in [5.41, 5.74) is 0. The third-order valence-electron chi connectivity index (χ3n) is 1.66. The molecule has 0 bridgehead atoms. The minimum Gasteiger partial charge on any atom is -0.305 e. The van der Waals surface area contributed by atoms with Crippen molar-refractivity contribution >= 4 is 31.8 Å². The molecule has 0 aliphatic rings. The smallest absolute Gasteiger partial charge is 0.305 e. The van der Waals surface area contributed by atoms with Gasteiger partial charge in [-0.15, -0.1) is 0 Å². The highest BCUT2D eigenvalue weighted by molar-refractivity contribution is 8.16. The molecule has 0 spiro atoms. The molecular formula is C9H20O6P2S. The van der Waals surface area contributed by atoms with E-state index in [4.69, 9.17) is 30.3 Å². The molecule has 0 aromatic rings. The molecule has 0 rings (SSSR count). The quantitative estimate of drug-likeness (QED) is 0.448. The van der Waals surface area contributed by atoms with E-state index in [0.29, 0.717) is 0 Å². The van der Waals surface area contributed by atoms with Crippen molar-refractivity contribution in [3.63, 3.8) is 0 Å². The summed E-state index contributed by atoms with van der Waals surface area (Å²) in [5.74, 6) is 0. The molecule has 0 heterocycles. The van der Waals surface area contributed by atoms with Crippen LogP contribution in [0.15, 0.2) is 0 Å². The van der Waals surface area contributed by atoms with Crippen molar-refractivity contribution in [3.05, 3.63) is 0 Å². The first-order valence-corrected chi connectivity index (χ1v) is 9.22. The predicted molar refractivity (Wildman–Crippen MR) is 74.3 cm³/mol. The number of rotatable bonds is 10. The maximum absolute atomic E-state index is 12.4. The number of hydrogen-bond donors (Lipinski definition) is 0. The fourth-order valence-electron chi connectivity index (χ4n) is 1.13. The second kappa shape index (κ2) is 8.54. The van der Waals surface area contributed by atoms with Gasteiger partial charge in [-0.1, -0.05) is 12.2 Å². The van der Waals surface area contributed by atoms with Crippen molar-refractivity contribution in [1.82, 2.24) is 0 Å². The van der Waals surface area contributed by atoms with Crippen molar-refractivity contribution in [2.45, 2.75) is 27.7 Å². The van der Waals surface area contributed by atoms with Crippen LogP contribution in [0.2, 0.25) is 0 Å². The van der Waals surface area contributed by atoms with Gasteiger partial charge in [0.15, 0.2) is 0 Å². The van der Waals surface area contributed by atoms with E-state index in [1.54, 1.807) is 27.7 Å². The highest BCUT2D eigenvalue weighted by Gasteiger charge is 2.45. The van der Waals surface area contributed by atoms with Crippen LogP contribution in [0.3, 0.4) is 0 Å². The van der Waals surface area contributed by atoms with E-state index in [1.807, 2.05) is 0 Å². The molecule has 0 saturated heterocycles. The zero-order chi connectivity index (χ0) is 14.2. The molecule has 0 unspecified atom stereocenters. The lowest BCUT2D eigenvalue weighted by molar-refractivity contribution is 0.225. The van der Waals surface area contributed by atoms with Crippen LogP contribution >= 0.6 is 27.4 Å². The maximum atomic E-state index is 12.4. The highest BCUT2D eigenvalue weighted by Crippen LogP contribution is 2.66. The Hall–Kier alpha value is 0.390. The molecule has 0 aliphatic heterocycles. The second-order valence-electron chi connectivity index (χ2n) is 2.95. The molecule has 0 radical (unpaired) electrons. The topological polar surface area (TPSA) is 71.1 Å². The molecule has 0 aliphatic carbocycles. The second-order valence-corrected chi connectivity index (χ2v) is 8.23. The van der Waals surface area contributed by atoms with Crippen LogP contribution in [0.5, 0.6) is 0 Å². The van der Waals surface area contributed by atoms with Crippen molar-refractivity contribution < 1.29 is 27.2 Å². The van der Waals surface area contributed by atoms with Crippen molar-refractivity contribution in [2.24, 2.45) is 0 Å². The standard InChI is InChI=1S/C9H20O6P2S/c1-5-12-16(10,13-6-2)9(18)17(11,14-7-3)15-8-4/h5-8H2,1-4H3. The van der Waals surface area contributed by atoms with Gasteiger partial charge in [-0.05, 0) is 27.7 Å². The van der Waals surface area contributed by atoms with Crippen LogP contribution in [0.25, 0.3) is 0 Å². The van der Waals surface area contributed by atoms with Gasteiger partial charge in [0, 0.05) is 0 Å². The minimum absolute atomic E-state index is 0.121. The Labute approximate surface area is 113 Å². The molecular weight excluding hydrogens is 298 g/mol. The molecule has 0 atom stereocenters. The summed E-state index contributed by atoms with van der Waals surface area (Å²) in [7, 11) is -7.55. The Morgan fingerprint density at radius 1 is 0.778 bits per heavy atom. The molecule has 0 aromatic heterocycles. The van der Waals surface area contributed by atoms with Crippen molar-refractivity contribution in [2.75, 3.05) is 26.4 Å². The molecule has 0 aromatic carbocycles. The van der Waals surface area contributed by atoms with E-state index in [1.165, 1.54) is 0 Å². The third-order valence-corrected chi connectivity index (χ3v) is 7.81. The van der Waals surface area contributed by atoms with E-state index in [-0.39, 0.29) is 26.4 Å². The number of hydrogen-bond acceptors (Lipinski definition) is 7. The Bertz CT molecular complexity index is 307. The van der Waals surface area contributed by atoms with E-state index in [2.05, 4.69) is 0 Å². The average molecular weight is 318 g/mol. The van der Waals surface area contributed by atoms with Gasteiger partial charge >= 0.3 is 15.2 Å². The Balaban J connectivity index is 5.25. The fraction of sp³-hybridized carbons (Fsp3) is 0.889. The summed E-state index contributed by atoms with van der Waals surface area (Å²) in [6.45, 7) is 7.04. The van der Waals surface area contributed by atoms with Gasteiger partial charge in [0.1, 0.15) is 0 Å². The largest absolute Gasteiger partial charge is 0.380 e. The van der Waals surface area contributed by atoms with Gasteiger partial charge in [-0.3, -0.25) is 9.13 Å². The van der Waals surface area contributed by atoms with Gasteiger partial charge in [-0.25, -0.2) is 0 Å². The van der Waals surface area contributed by atoms with E-state index < -0.39 is 19.5 Å². The maximum Gasteiger partial charge on any atom is 0.380 e. The minimum atomic E-state index is -3.77. The fourth-order valence-corrected chi connectivity index (χ4v) is 5.60. The van der Waals surface area contributed by atoms with Gasteiger partial charge < -0.3 is 18.1 Å². The molecule has 0 fully saturated rings. The summed E-state index contributed by atoms with van der Waals surface area (Å²) < 4.78 is 44.5. The average Bonchev–Trinajstić information content (AvgIpc) is 2.29. The van der Waals surface area contributed by atoms with Crippen LogP contribution in [0, 0.1) is 0 Å². The highest BCUT2D eigenvalue weighted by atomic mass is 32.1. The third kappa shape index (κ3) is 4.82. The van der Waals surface area contributed by atoms with Gasteiger partial charge in [0.05, 0.1) is 26.4 Å². The van der Waals surface area contributed by atoms with E-state index >= 15 is 0 Å². The van der Waals surface area contributed by atoms with Crippen LogP contribution in [0.1, 0.15) is 27.7 Å². The normalized spacial score (nSPS) is 12.7.